The number of ketones is 1. The van der Waals surface area contributed by atoms with Crippen molar-refractivity contribution in [2.45, 2.75) is 39.7 Å². The molecule has 0 radical (unpaired) electrons. The van der Waals surface area contributed by atoms with Crippen LogP contribution in [0, 0.1) is 13.8 Å². The fourth-order valence-electron chi connectivity index (χ4n) is 3.99. The van der Waals surface area contributed by atoms with Gasteiger partial charge in [-0.3, -0.25) is 9.59 Å². The van der Waals surface area contributed by atoms with Gasteiger partial charge >= 0.3 is 0 Å². The first-order valence-corrected chi connectivity index (χ1v) is 8.93. The largest absolute Gasteiger partial charge is 0.355 e. The Balaban J connectivity index is 1.70. The summed E-state index contributed by atoms with van der Waals surface area (Å²) in [7, 11) is 0. The van der Waals surface area contributed by atoms with Crippen LogP contribution < -0.4 is 0 Å². The number of rotatable bonds is 3. The highest BCUT2D eigenvalue weighted by atomic mass is 16.2. The molecule has 1 saturated heterocycles. The molecule has 3 aromatic rings. The lowest BCUT2D eigenvalue weighted by atomic mass is 10.1. The van der Waals surface area contributed by atoms with Gasteiger partial charge in [-0.1, -0.05) is 12.1 Å². The third kappa shape index (κ3) is 2.53. The van der Waals surface area contributed by atoms with Crippen LogP contribution in [0.25, 0.3) is 11.0 Å². The fraction of sp³-hybridized carbons (Fsp3) is 0.350. The van der Waals surface area contributed by atoms with E-state index in [0.29, 0.717) is 17.8 Å². The normalized spacial score (nSPS) is 17.2. The first kappa shape index (κ1) is 16.6. The third-order valence-corrected chi connectivity index (χ3v) is 5.24. The molecule has 1 atom stereocenters. The topological polar surface area (TPSA) is 81.8 Å². The zero-order chi connectivity index (χ0) is 18.4. The van der Waals surface area contributed by atoms with E-state index < -0.39 is 0 Å². The maximum absolute atomic E-state index is 13.3. The van der Waals surface area contributed by atoms with Gasteiger partial charge in [-0.05, 0) is 44.4 Å². The highest BCUT2D eigenvalue weighted by Crippen LogP contribution is 2.34. The zero-order valence-corrected chi connectivity index (χ0v) is 15.2. The van der Waals surface area contributed by atoms with Crippen molar-refractivity contribution in [3.05, 3.63) is 52.6 Å². The lowest BCUT2D eigenvalue weighted by Crippen LogP contribution is -2.31. The Morgan fingerprint density at radius 2 is 1.96 bits per heavy atom. The van der Waals surface area contributed by atoms with E-state index in [-0.39, 0.29) is 17.7 Å². The first-order chi connectivity index (χ1) is 12.5. The minimum Gasteiger partial charge on any atom is -0.355 e. The first-order valence-electron chi connectivity index (χ1n) is 8.93. The molecule has 6 heteroatoms. The molecule has 2 aromatic heterocycles. The van der Waals surface area contributed by atoms with E-state index in [2.05, 4.69) is 15.0 Å². The molecule has 1 amide bonds. The second-order valence-corrected chi connectivity index (χ2v) is 6.98. The molecule has 0 spiro atoms. The molecule has 0 aliphatic carbocycles. The number of aromatic amines is 2. The summed E-state index contributed by atoms with van der Waals surface area (Å²) in [6.07, 6.45) is 1.82. The molecule has 1 aliphatic heterocycles. The smallest absolute Gasteiger partial charge is 0.256 e. The predicted molar refractivity (Wildman–Crippen MR) is 99.4 cm³/mol. The van der Waals surface area contributed by atoms with Crippen LogP contribution in [0.5, 0.6) is 0 Å². The SMILES string of the molecule is CC(=O)c1[nH]c(C)c(C(=O)N2CCC[C@H]2c2nc3ccccc3[nH]2)c1C. The number of Topliss-reactive ketones (excluding diaryl/α,β-unsaturated/α-hetero) is 1. The summed E-state index contributed by atoms with van der Waals surface area (Å²) >= 11 is 0. The molecular weight excluding hydrogens is 328 g/mol. The summed E-state index contributed by atoms with van der Waals surface area (Å²) in [5, 5.41) is 0. The molecule has 3 heterocycles. The van der Waals surface area contributed by atoms with Gasteiger partial charge in [0.15, 0.2) is 5.78 Å². The van der Waals surface area contributed by atoms with Crippen molar-refractivity contribution < 1.29 is 9.59 Å². The zero-order valence-electron chi connectivity index (χ0n) is 15.2. The number of benzene rings is 1. The number of aryl methyl sites for hydroxylation is 1. The molecule has 0 saturated carbocycles. The van der Waals surface area contributed by atoms with Gasteiger partial charge in [0.25, 0.3) is 5.91 Å². The number of fused-ring (bicyclic) bond motifs is 1. The van der Waals surface area contributed by atoms with Crippen LogP contribution in [0.4, 0.5) is 0 Å². The summed E-state index contributed by atoms with van der Waals surface area (Å²) in [6.45, 7) is 5.89. The second kappa shape index (κ2) is 6.12. The quantitative estimate of drug-likeness (QED) is 0.707. The van der Waals surface area contributed by atoms with E-state index in [0.717, 1.165) is 41.0 Å². The predicted octanol–water partition coefficient (Wildman–Crippen LogP) is 3.69. The van der Waals surface area contributed by atoms with E-state index in [1.54, 1.807) is 0 Å². The molecule has 0 unspecified atom stereocenters. The van der Waals surface area contributed by atoms with Gasteiger partial charge in [-0.2, -0.15) is 0 Å². The van der Waals surface area contributed by atoms with Crippen LogP contribution >= 0.6 is 0 Å². The van der Waals surface area contributed by atoms with E-state index in [1.165, 1.54) is 6.92 Å². The minimum absolute atomic E-state index is 0.0355. The average Bonchev–Trinajstić information content (AvgIpc) is 3.30. The van der Waals surface area contributed by atoms with Crippen molar-refractivity contribution in [3.8, 4) is 0 Å². The molecule has 1 fully saturated rings. The van der Waals surface area contributed by atoms with Crippen molar-refractivity contribution in [3.63, 3.8) is 0 Å². The Hall–Kier alpha value is -2.89. The highest BCUT2D eigenvalue weighted by molar-refractivity contribution is 6.02. The number of aromatic nitrogens is 3. The van der Waals surface area contributed by atoms with E-state index in [9.17, 15) is 9.59 Å². The number of nitrogens with one attached hydrogen (secondary N) is 2. The Morgan fingerprint density at radius 1 is 1.19 bits per heavy atom. The lowest BCUT2D eigenvalue weighted by molar-refractivity contribution is 0.0729. The van der Waals surface area contributed by atoms with E-state index >= 15 is 0 Å². The van der Waals surface area contributed by atoms with Crippen molar-refractivity contribution in [2.75, 3.05) is 6.54 Å². The van der Waals surface area contributed by atoms with Gasteiger partial charge in [-0.15, -0.1) is 0 Å². The van der Waals surface area contributed by atoms with Crippen molar-refractivity contribution >= 4 is 22.7 Å². The summed E-state index contributed by atoms with van der Waals surface area (Å²) < 4.78 is 0. The summed E-state index contributed by atoms with van der Waals surface area (Å²) in [6, 6.07) is 7.82. The maximum Gasteiger partial charge on any atom is 0.256 e. The van der Waals surface area contributed by atoms with Gasteiger partial charge < -0.3 is 14.9 Å². The molecule has 26 heavy (non-hydrogen) atoms. The van der Waals surface area contributed by atoms with Crippen LogP contribution in [0.2, 0.25) is 0 Å². The molecule has 4 rings (SSSR count). The maximum atomic E-state index is 13.3. The summed E-state index contributed by atoms with van der Waals surface area (Å²) in [5.41, 5.74) is 4.50. The number of imidazole rings is 1. The number of para-hydroxylation sites is 2. The average molecular weight is 350 g/mol. The number of carbonyl (C=O) groups excluding carboxylic acids is 2. The Labute approximate surface area is 151 Å². The number of H-pyrrole nitrogens is 2. The molecule has 2 N–H and O–H groups in total. The standard InChI is InChI=1S/C20H22N4O2/c1-11-17(12(2)21-18(11)13(3)25)20(26)24-10-6-9-16(24)19-22-14-7-4-5-8-15(14)23-19/h4-5,7-8,16,21H,6,9-10H2,1-3H3,(H,22,23)/t16-/m0/s1. The Morgan fingerprint density at radius 3 is 2.65 bits per heavy atom. The molecule has 1 aliphatic rings. The second-order valence-electron chi connectivity index (χ2n) is 6.98. The van der Waals surface area contributed by atoms with Crippen LogP contribution in [0.15, 0.2) is 24.3 Å². The monoisotopic (exact) mass is 350 g/mol. The lowest BCUT2D eigenvalue weighted by Gasteiger charge is -2.23. The number of likely N-dealkylation sites (tertiary alicyclic amines) is 1. The van der Waals surface area contributed by atoms with Gasteiger partial charge in [0.05, 0.1) is 28.3 Å². The number of amides is 1. The number of hydrogen-bond acceptors (Lipinski definition) is 3. The Kier molecular flexibility index (Phi) is 3.90. The van der Waals surface area contributed by atoms with Crippen molar-refractivity contribution in [1.82, 2.24) is 19.9 Å². The molecule has 1 aromatic carbocycles. The molecule has 0 bridgehead atoms. The summed E-state index contributed by atoms with van der Waals surface area (Å²) in [5.74, 6) is 0.737. The molecule has 6 nitrogen and oxygen atoms in total. The number of carbonyl (C=O) groups is 2. The van der Waals surface area contributed by atoms with Crippen LogP contribution in [-0.2, 0) is 0 Å². The van der Waals surface area contributed by atoms with Crippen molar-refractivity contribution in [1.29, 1.82) is 0 Å². The number of nitrogens with zero attached hydrogens (tertiary/aromatic N) is 2. The molecule has 134 valence electrons. The van der Waals surface area contributed by atoms with Gasteiger partial charge in [0.2, 0.25) is 0 Å². The van der Waals surface area contributed by atoms with Crippen molar-refractivity contribution in [2.24, 2.45) is 0 Å². The highest BCUT2D eigenvalue weighted by Gasteiger charge is 2.35. The fourth-order valence-corrected chi connectivity index (χ4v) is 3.99. The van der Waals surface area contributed by atoms with E-state index in [4.69, 9.17) is 0 Å². The summed E-state index contributed by atoms with van der Waals surface area (Å²) in [4.78, 5) is 38.1. The number of hydrogen-bond donors (Lipinski definition) is 2. The van der Waals surface area contributed by atoms with Crippen LogP contribution in [0.3, 0.4) is 0 Å². The van der Waals surface area contributed by atoms with Crippen LogP contribution in [-0.4, -0.2) is 38.1 Å². The molecular formula is C20H22N4O2. The van der Waals surface area contributed by atoms with Gasteiger partial charge in [0.1, 0.15) is 5.82 Å². The minimum atomic E-state index is -0.0654. The third-order valence-electron chi connectivity index (χ3n) is 5.24. The van der Waals surface area contributed by atoms with Crippen LogP contribution in [0.1, 0.15) is 63.7 Å². The van der Waals surface area contributed by atoms with Gasteiger partial charge in [-0.25, -0.2) is 4.98 Å². The van der Waals surface area contributed by atoms with Gasteiger partial charge in [0, 0.05) is 19.2 Å². The Bertz CT molecular complexity index is 981. The van der Waals surface area contributed by atoms with E-state index in [1.807, 2.05) is 43.0 Å².